The summed E-state index contributed by atoms with van der Waals surface area (Å²) >= 11 is 1.26. The maximum Gasteiger partial charge on any atom is 0.316 e. The van der Waals surface area contributed by atoms with E-state index in [9.17, 15) is 8.42 Å². The van der Waals surface area contributed by atoms with Gasteiger partial charge in [0.15, 0.2) is 0 Å². The molecule has 0 bridgehead atoms. The van der Waals surface area contributed by atoms with E-state index >= 15 is 0 Å². The molecule has 0 atom stereocenters. The Labute approximate surface area is 63.0 Å². The van der Waals surface area contributed by atoms with Crippen LogP contribution in [0, 0.1) is 0 Å². The van der Waals surface area contributed by atoms with Gasteiger partial charge in [-0.3, -0.25) is 0 Å². The number of nitrogen functional groups attached to an aromatic ring is 1. The Morgan fingerprint density at radius 1 is 1.60 bits per heavy atom. The van der Waals surface area contributed by atoms with E-state index in [1.54, 1.807) is 5.38 Å². The highest BCUT2D eigenvalue weighted by Gasteiger charge is 1.92. The number of nitrogens with two attached hydrogens (primary N) is 1. The van der Waals surface area contributed by atoms with Crippen molar-refractivity contribution in [3.05, 3.63) is 11.4 Å². The van der Waals surface area contributed by atoms with Gasteiger partial charge in [0.1, 0.15) is 0 Å². The molecule has 1 aromatic rings. The lowest BCUT2D eigenvalue weighted by Crippen LogP contribution is -1.72. The number of rotatable bonds is 1. The molecule has 0 saturated carbocycles. The van der Waals surface area contributed by atoms with Gasteiger partial charge in [-0.2, -0.15) is 8.42 Å². The lowest BCUT2D eigenvalue weighted by atomic mass is 10.5. The third-order valence-electron chi connectivity index (χ3n) is 0.786. The maximum atomic E-state index is 9.98. The zero-order valence-electron chi connectivity index (χ0n) is 4.81. The number of anilines is 1. The molecule has 0 spiro atoms. The van der Waals surface area contributed by atoms with Crippen molar-refractivity contribution in [1.29, 1.82) is 0 Å². The van der Waals surface area contributed by atoms with E-state index in [0.717, 1.165) is 0 Å². The highest BCUT2D eigenvalue weighted by Crippen LogP contribution is 2.23. The van der Waals surface area contributed by atoms with E-state index in [4.69, 9.17) is 5.73 Å². The van der Waals surface area contributed by atoms with Crippen LogP contribution in [0.2, 0.25) is 0 Å². The summed E-state index contributed by atoms with van der Waals surface area (Å²) in [5.41, 5.74) is 5.70. The molecule has 6 heteroatoms. The quantitative estimate of drug-likeness (QED) is 0.694. The minimum atomic E-state index is -2.38. The van der Waals surface area contributed by atoms with Crippen molar-refractivity contribution in [2.75, 3.05) is 5.73 Å². The summed E-state index contributed by atoms with van der Waals surface area (Å²) in [5, 5.41) is 2.13. The number of thiophene rings is 1. The standard InChI is InChI=1S/C4H4N2O2S2/c5-4-1-3(2-9-4)6-10(7)8/h1-2H,5H2. The Morgan fingerprint density at radius 3 is 2.70 bits per heavy atom. The van der Waals surface area contributed by atoms with E-state index in [2.05, 4.69) is 4.36 Å². The van der Waals surface area contributed by atoms with Crippen LogP contribution in [0.4, 0.5) is 10.7 Å². The molecule has 0 unspecified atom stereocenters. The van der Waals surface area contributed by atoms with Gasteiger partial charge < -0.3 is 5.73 Å². The highest BCUT2D eigenvalue weighted by atomic mass is 32.2. The Morgan fingerprint density at radius 2 is 2.30 bits per heavy atom. The molecular formula is C4H4N2O2S2. The molecule has 2 N–H and O–H groups in total. The molecule has 10 heavy (non-hydrogen) atoms. The summed E-state index contributed by atoms with van der Waals surface area (Å²) in [4.78, 5) is 0. The van der Waals surface area contributed by atoms with Gasteiger partial charge in [0.25, 0.3) is 0 Å². The first-order valence-corrected chi connectivity index (χ1v) is 4.25. The first-order valence-electron chi connectivity index (χ1n) is 2.33. The average molecular weight is 176 g/mol. The minimum Gasteiger partial charge on any atom is -0.391 e. The SMILES string of the molecule is Nc1cc(N=S(=O)=O)cs1. The summed E-state index contributed by atoms with van der Waals surface area (Å²) in [6.45, 7) is 0. The van der Waals surface area contributed by atoms with Crippen LogP contribution >= 0.6 is 11.3 Å². The van der Waals surface area contributed by atoms with Crippen molar-refractivity contribution in [3.63, 3.8) is 0 Å². The molecule has 1 heterocycles. The number of hydrogen-bond acceptors (Lipinski definition) is 5. The van der Waals surface area contributed by atoms with Crippen LogP contribution in [-0.2, 0) is 10.5 Å². The molecule has 0 radical (unpaired) electrons. The van der Waals surface area contributed by atoms with Gasteiger partial charge in [0.2, 0.25) is 0 Å². The molecule has 4 nitrogen and oxygen atoms in total. The van der Waals surface area contributed by atoms with Crippen LogP contribution < -0.4 is 5.73 Å². The van der Waals surface area contributed by atoms with Crippen molar-refractivity contribution < 1.29 is 8.42 Å². The molecule has 0 aromatic carbocycles. The molecule has 0 aliphatic heterocycles. The van der Waals surface area contributed by atoms with Crippen molar-refractivity contribution in [3.8, 4) is 0 Å². The third-order valence-corrected chi connectivity index (χ3v) is 1.90. The first kappa shape index (κ1) is 7.23. The monoisotopic (exact) mass is 176 g/mol. The summed E-state index contributed by atoms with van der Waals surface area (Å²) in [6, 6.07) is 1.50. The Balaban J connectivity index is 3.09. The van der Waals surface area contributed by atoms with Crippen LogP contribution in [0.5, 0.6) is 0 Å². The molecule has 0 fully saturated rings. The zero-order chi connectivity index (χ0) is 7.56. The lowest BCUT2D eigenvalue weighted by Gasteiger charge is -1.73. The van der Waals surface area contributed by atoms with E-state index in [-0.39, 0.29) is 0 Å². The fourth-order valence-electron chi connectivity index (χ4n) is 0.476. The minimum absolute atomic E-state index is 0.385. The maximum absolute atomic E-state index is 9.98. The third kappa shape index (κ3) is 1.82. The van der Waals surface area contributed by atoms with Gasteiger partial charge in [-0.05, 0) is 6.07 Å². The second kappa shape index (κ2) is 2.80. The lowest BCUT2D eigenvalue weighted by molar-refractivity contribution is 0.622. The van der Waals surface area contributed by atoms with Crippen LogP contribution in [0.15, 0.2) is 15.8 Å². The summed E-state index contributed by atoms with van der Waals surface area (Å²) in [7, 11) is -2.38. The van der Waals surface area contributed by atoms with Gasteiger partial charge >= 0.3 is 10.5 Å². The fraction of sp³-hybridized carbons (Fsp3) is 0. The normalized spacial score (nSPS) is 9.20. The molecule has 0 amide bonds. The molecule has 0 aliphatic carbocycles. The van der Waals surface area contributed by atoms with Crippen molar-refractivity contribution in [2.45, 2.75) is 0 Å². The predicted molar refractivity (Wildman–Crippen MR) is 39.7 cm³/mol. The smallest absolute Gasteiger partial charge is 0.316 e. The Kier molecular flexibility index (Phi) is 2.03. The van der Waals surface area contributed by atoms with Crippen molar-refractivity contribution in [2.24, 2.45) is 4.36 Å². The second-order valence-corrected chi connectivity index (χ2v) is 3.08. The molecule has 0 saturated heterocycles. The van der Waals surface area contributed by atoms with Crippen molar-refractivity contribution >= 4 is 32.5 Å². The molecule has 0 aliphatic rings. The van der Waals surface area contributed by atoms with E-state index in [1.807, 2.05) is 0 Å². The van der Waals surface area contributed by atoms with Crippen molar-refractivity contribution in [1.82, 2.24) is 0 Å². The van der Waals surface area contributed by atoms with Gasteiger partial charge in [0.05, 0.1) is 10.7 Å². The largest absolute Gasteiger partial charge is 0.391 e. The molecule has 1 rings (SSSR count). The van der Waals surface area contributed by atoms with Crippen LogP contribution in [-0.4, -0.2) is 8.42 Å². The summed E-state index contributed by atoms with van der Waals surface area (Å²) in [6.07, 6.45) is 0. The predicted octanol–water partition coefficient (Wildman–Crippen LogP) is 1.02. The van der Waals surface area contributed by atoms with Crippen LogP contribution in [0.25, 0.3) is 0 Å². The van der Waals surface area contributed by atoms with Gasteiger partial charge in [0, 0.05) is 5.38 Å². The summed E-state index contributed by atoms with van der Waals surface area (Å²) < 4.78 is 23.2. The Bertz CT molecular complexity index is 343. The number of hydrogen-bond donors (Lipinski definition) is 1. The van der Waals surface area contributed by atoms with Gasteiger partial charge in [-0.1, -0.05) is 0 Å². The van der Waals surface area contributed by atoms with Gasteiger partial charge in [-0.15, -0.1) is 15.7 Å². The van der Waals surface area contributed by atoms with Crippen LogP contribution in [0.1, 0.15) is 0 Å². The molecular weight excluding hydrogens is 172 g/mol. The molecule has 1 aromatic heterocycles. The average Bonchev–Trinajstić information content (AvgIpc) is 2.13. The second-order valence-electron chi connectivity index (χ2n) is 1.52. The molecule has 54 valence electrons. The van der Waals surface area contributed by atoms with E-state index < -0.39 is 10.5 Å². The highest BCUT2D eigenvalue weighted by molar-refractivity contribution is 7.61. The first-order chi connectivity index (χ1) is 4.68. The van der Waals surface area contributed by atoms with Gasteiger partial charge in [-0.25, -0.2) is 0 Å². The topological polar surface area (TPSA) is 72.5 Å². The van der Waals surface area contributed by atoms with Crippen LogP contribution in [0.3, 0.4) is 0 Å². The van der Waals surface area contributed by atoms with E-state index in [0.29, 0.717) is 10.7 Å². The van der Waals surface area contributed by atoms with E-state index in [1.165, 1.54) is 17.4 Å². The number of nitrogens with zero attached hydrogens (tertiary/aromatic N) is 1. The fourth-order valence-corrected chi connectivity index (χ4v) is 1.39. The Hall–Kier alpha value is -0.880. The zero-order valence-corrected chi connectivity index (χ0v) is 6.45. The summed E-state index contributed by atoms with van der Waals surface area (Å²) in [5.74, 6) is 0.